The first-order valence-electron chi connectivity index (χ1n) is 11.0. The maximum atomic E-state index is 13.0. The van der Waals surface area contributed by atoms with E-state index in [4.69, 9.17) is 9.47 Å². The van der Waals surface area contributed by atoms with Gasteiger partial charge in [0.1, 0.15) is 0 Å². The summed E-state index contributed by atoms with van der Waals surface area (Å²) in [5.41, 5.74) is 4.64. The maximum absolute atomic E-state index is 13.0. The molecule has 3 aromatic rings. The Morgan fingerprint density at radius 1 is 1.00 bits per heavy atom. The van der Waals surface area contributed by atoms with Crippen LogP contribution in [0.5, 0.6) is 11.5 Å². The molecule has 4 rings (SSSR count). The summed E-state index contributed by atoms with van der Waals surface area (Å²) in [6.45, 7) is 3.13. The quantitative estimate of drug-likeness (QED) is 0.598. The van der Waals surface area contributed by atoms with Gasteiger partial charge < -0.3 is 14.8 Å². The van der Waals surface area contributed by atoms with Crippen LogP contribution < -0.4 is 14.8 Å². The van der Waals surface area contributed by atoms with Crippen LogP contribution in [-0.2, 0) is 11.2 Å². The molecular weight excluding hydrogens is 400 g/mol. The highest BCUT2D eigenvalue weighted by Gasteiger charge is 2.31. The Kier molecular flexibility index (Phi) is 6.76. The van der Waals surface area contributed by atoms with Crippen molar-refractivity contribution in [1.82, 2.24) is 10.2 Å². The molecule has 0 spiro atoms. The summed E-state index contributed by atoms with van der Waals surface area (Å²) >= 11 is 0. The van der Waals surface area contributed by atoms with Crippen molar-refractivity contribution in [3.05, 3.63) is 95.1 Å². The minimum Gasteiger partial charge on any atom is -0.493 e. The van der Waals surface area contributed by atoms with Gasteiger partial charge in [-0.1, -0.05) is 60.7 Å². The van der Waals surface area contributed by atoms with Crippen LogP contribution in [0.25, 0.3) is 0 Å². The monoisotopic (exact) mass is 430 g/mol. The first kappa shape index (κ1) is 21.9. The third-order valence-electron chi connectivity index (χ3n) is 6.11. The predicted molar refractivity (Wildman–Crippen MR) is 126 cm³/mol. The molecule has 0 saturated heterocycles. The number of methoxy groups -OCH3 is 2. The van der Waals surface area contributed by atoms with Crippen LogP contribution in [0.2, 0.25) is 0 Å². The molecule has 1 aliphatic rings. The average Bonchev–Trinajstić information content (AvgIpc) is 2.84. The molecule has 32 heavy (non-hydrogen) atoms. The van der Waals surface area contributed by atoms with Crippen LogP contribution in [0.4, 0.5) is 0 Å². The number of ether oxygens (including phenoxy) is 2. The third-order valence-corrected chi connectivity index (χ3v) is 6.11. The normalized spacial score (nSPS) is 16.7. The molecule has 3 aromatic carbocycles. The number of carbonyl (C=O) groups excluding carboxylic acids is 1. The Morgan fingerprint density at radius 2 is 1.62 bits per heavy atom. The molecule has 0 radical (unpaired) electrons. The van der Waals surface area contributed by atoms with Crippen LogP contribution in [0, 0.1) is 0 Å². The van der Waals surface area contributed by atoms with Gasteiger partial charge in [0.2, 0.25) is 5.91 Å². The summed E-state index contributed by atoms with van der Waals surface area (Å²) in [6.07, 6.45) is 0.848. The van der Waals surface area contributed by atoms with E-state index in [9.17, 15) is 4.79 Å². The lowest BCUT2D eigenvalue weighted by atomic mass is 9.87. The molecule has 1 N–H and O–H groups in total. The second-order valence-electron chi connectivity index (χ2n) is 8.14. The lowest BCUT2D eigenvalue weighted by Crippen LogP contribution is -2.43. The van der Waals surface area contributed by atoms with Crippen LogP contribution in [0.1, 0.15) is 41.3 Å². The minimum atomic E-state index is -0.0414. The molecule has 1 aliphatic heterocycles. The van der Waals surface area contributed by atoms with E-state index in [0.29, 0.717) is 12.3 Å². The second-order valence-corrected chi connectivity index (χ2v) is 8.14. The fourth-order valence-corrected chi connectivity index (χ4v) is 4.49. The van der Waals surface area contributed by atoms with Gasteiger partial charge in [0, 0.05) is 6.54 Å². The van der Waals surface area contributed by atoms with Gasteiger partial charge in [-0.3, -0.25) is 9.69 Å². The summed E-state index contributed by atoms with van der Waals surface area (Å²) < 4.78 is 11.1. The smallest absolute Gasteiger partial charge is 0.234 e. The molecule has 2 unspecified atom stereocenters. The number of amides is 1. The molecule has 0 aromatic heterocycles. The lowest BCUT2D eigenvalue weighted by Gasteiger charge is -2.38. The van der Waals surface area contributed by atoms with Gasteiger partial charge in [0.05, 0.1) is 32.8 Å². The number of nitrogens with one attached hydrogen (secondary N) is 1. The van der Waals surface area contributed by atoms with Gasteiger partial charge in [-0.2, -0.15) is 0 Å². The second kappa shape index (κ2) is 9.88. The van der Waals surface area contributed by atoms with Crippen LogP contribution in [0.3, 0.4) is 0 Å². The highest BCUT2D eigenvalue weighted by atomic mass is 16.5. The van der Waals surface area contributed by atoms with E-state index in [1.54, 1.807) is 14.2 Å². The van der Waals surface area contributed by atoms with Crippen molar-refractivity contribution in [2.45, 2.75) is 25.4 Å². The van der Waals surface area contributed by atoms with Crippen molar-refractivity contribution in [1.29, 1.82) is 0 Å². The standard InChI is InChI=1S/C27H30N2O3/c1-19(20-10-6-4-7-11-20)28-26(30)18-29-15-14-22-16-24(31-2)25(32-3)17-23(22)27(29)21-12-8-5-9-13-21/h4-13,16-17,19,27H,14-15,18H2,1-3H3,(H,28,30). The molecule has 5 nitrogen and oxygen atoms in total. The highest BCUT2D eigenvalue weighted by Crippen LogP contribution is 2.40. The van der Waals surface area contributed by atoms with Gasteiger partial charge >= 0.3 is 0 Å². The van der Waals surface area contributed by atoms with E-state index in [1.165, 1.54) is 5.56 Å². The first-order chi connectivity index (χ1) is 15.6. The minimum absolute atomic E-state index is 0.0196. The van der Waals surface area contributed by atoms with Crippen molar-refractivity contribution < 1.29 is 14.3 Å². The van der Waals surface area contributed by atoms with E-state index in [0.717, 1.165) is 35.4 Å². The van der Waals surface area contributed by atoms with Crippen molar-refractivity contribution in [3.63, 3.8) is 0 Å². The largest absolute Gasteiger partial charge is 0.493 e. The Bertz CT molecular complexity index is 1050. The average molecular weight is 431 g/mol. The molecule has 1 amide bonds. The van der Waals surface area contributed by atoms with Gasteiger partial charge in [0.15, 0.2) is 11.5 Å². The Hall–Kier alpha value is -3.31. The zero-order valence-corrected chi connectivity index (χ0v) is 18.9. The van der Waals surface area contributed by atoms with E-state index in [2.05, 4.69) is 34.5 Å². The summed E-state index contributed by atoms with van der Waals surface area (Å²) in [4.78, 5) is 15.3. The number of benzene rings is 3. The highest BCUT2D eigenvalue weighted by molar-refractivity contribution is 5.78. The van der Waals surface area contributed by atoms with Crippen LogP contribution >= 0.6 is 0 Å². The van der Waals surface area contributed by atoms with Crippen molar-refractivity contribution in [2.24, 2.45) is 0 Å². The third kappa shape index (κ3) is 4.63. The molecular formula is C27H30N2O3. The summed E-state index contributed by atoms with van der Waals surface area (Å²) in [6, 6.07) is 24.4. The number of carbonyl (C=O) groups is 1. The molecule has 0 bridgehead atoms. The van der Waals surface area contributed by atoms with Gasteiger partial charge in [-0.05, 0) is 47.7 Å². The fourth-order valence-electron chi connectivity index (χ4n) is 4.49. The molecule has 2 atom stereocenters. The summed E-state index contributed by atoms with van der Waals surface area (Å²) in [5, 5.41) is 3.15. The zero-order chi connectivity index (χ0) is 22.5. The molecule has 0 saturated carbocycles. The molecule has 1 heterocycles. The molecule has 166 valence electrons. The summed E-state index contributed by atoms with van der Waals surface area (Å²) in [5.74, 6) is 1.46. The molecule has 0 aliphatic carbocycles. The fraction of sp³-hybridized carbons (Fsp3) is 0.296. The predicted octanol–water partition coefficient (Wildman–Crippen LogP) is 4.53. The Balaban J connectivity index is 1.61. The molecule has 5 heteroatoms. The van der Waals surface area contributed by atoms with E-state index >= 15 is 0 Å². The van der Waals surface area contributed by atoms with Gasteiger partial charge in [-0.25, -0.2) is 0 Å². The topological polar surface area (TPSA) is 50.8 Å². The Morgan fingerprint density at radius 3 is 2.28 bits per heavy atom. The van der Waals surface area contributed by atoms with Crippen LogP contribution in [-0.4, -0.2) is 38.1 Å². The first-order valence-corrected chi connectivity index (χ1v) is 11.0. The Labute approximate surface area is 190 Å². The van der Waals surface area contributed by atoms with Crippen molar-refractivity contribution >= 4 is 5.91 Å². The number of nitrogens with zero attached hydrogens (tertiary/aromatic N) is 1. The van der Waals surface area contributed by atoms with Crippen molar-refractivity contribution in [2.75, 3.05) is 27.3 Å². The van der Waals surface area contributed by atoms with Crippen molar-refractivity contribution in [3.8, 4) is 11.5 Å². The molecule has 0 fully saturated rings. The lowest BCUT2D eigenvalue weighted by molar-refractivity contribution is -0.123. The summed E-state index contributed by atoms with van der Waals surface area (Å²) in [7, 11) is 3.31. The van der Waals surface area contributed by atoms with E-state index in [1.807, 2.05) is 55.5 Å². The van der Waals surface area contributed by atoms with E-state index < -0.39 is 0 Å². The van der Waals surface area contributed by atoms with Gasteiger partial charge in [0.25, 0.3) is 0 Å². The number of fused-ring (bicyclic) bond motifs is 1. The zero-order valence-electron chi connectivity index (χ0n) is 18.9. The number of hydrogen-bond donors (Lipinski definition) is 1. The van der Waals surface area contributed by atoms with Gasteiger partial charge in [-0.15, -0.1) is 0 Å². The number of hydrogen-bond acceptors (Lipinski definition) is 4. The maximum Gasteiger partial charge on any atom is 0.234 e. The van der Waals surface area contributed by atoms with E-state index in [-0.39, 0.29) is 18.0 Å². The SMILES string of the molecule is COc1cc2c(cc1OC)C(c1ccccc1)N(CC(=O)NC(C)c1ccccc1)CC2. The van der Waals surface area contributed by atoms with Crippen LogP contribution in [0.15, 0.2) is 72.8 Å². The number of rotatable bonds is 7.